The van der Waals surface area contributed by atoms with Crippen LogP contribution in [0.3, 0.4) is 0 Å². The lowest BCUT2D eigenvalue weighted by molar-refractivity contribution is -0.384. The molecule has 10 nitrogen and oxygen atoms in total. The SMILES string of the molecule is CCNC(=O)C1CCCN(c2cc3c(cc2[N+](=O)[O-])c(=O)c(C(=O)O)c2sc4ccccc4n23)C1. The number of thiazole rings is 1. The summed E-state index contributed by atoms with van der Waals surface area (Å²) in [6, 6.07) is 10.1. The Morgan fingerprint density at radius 1 is 1.26 bits per heavy atom. The van der Waals surface area contributed by atoms with Crippen LogP contribution in [-0.2, 0) is 4.79 Å². The summed E-state index contributed by atoms with van der Waals surface area (Å²) in [6.07, 6.45) is 1.37. The number of amides is 1. The van der Waals surface area contributed by atoms with Gasteiger partial charge in [0.05, 0.1) is 32.0 Å². The molecule has 1 unspecified atom stereocenters. The molecule has 2 aromatic heterocycles. The number of carboxylic acids is 1. The molecule has 2 aromatic carbocycles. The van der Waals surface area contributed by atoms with Crippen molar-refractivity contribution < 1.29 is 19.6 Å². The van der Waals surface area contributed by atoms with Crippen LogP contribution in [0.2, 0.25) is 0 Å². The van der Waals surface area contributed by atoms with E-state index in [4.69, 9.17) is 0 Å². The molecule has 1 atom stereocenters. The van der Waals surface area contributed by atoms with E-state index < -0.39 is 21.9 Å². The molecule has 5 rings (SSSR count). The fourth-order valence-electron chi connectivity index (χ4n) is 4.87. The number of nitrogens with zero attached hydrogens (tertiary/aromatic N) is 3. The molecule has 11 heteroatoms. The molecule has 0 radical (unpaired) electrons. The van der Waals surface area contributed by atoms with Gasteiger partial charge < -0.3 is 15.3 Å². The van der Waals surface area contributed by atoms with Crippen LogP contribution >= 0.6 is 11.3 Å². The summed E-state index contributed by atoms with van der Waals surface area (Å²) in [5.74, 6) is -1.78. The summed E-state index contributed by atoms with van der Waals surface area (Å²) >= 11 is 1.19. The van der Waals surface area contributed by atoms with Crippen molar-refractivity contribution in [2.75, 3.05) is 24.5 Å². The van der Waals surface area contributed by atoms with Crippen molar-refractivity contribution in [2.45, 2.75) is 19.8 Å². The third kappa shape index (κ3) is 3.68. The van der Waals surface area contributed by atoms with Gasteiger partial charge in [0.2, 0.25) is 11.3 Å². The Balaban J connectivity index is 1.81. The van der Waals surface area contributed by atoms with Gasteiger partial charge in [0, 0.05) is 25.7 Å². The predicted octanol–water partition coefficient (Wildman–Crippen LogP) is 3.63. The number of para-hydroxylation sites is 1. The molecule has 0 saturated carbocycles. The zero-order chi connectivity index (χ0) is 24.9. The highest BCUT2D eigenvalue weighted by Crippen LogP contribution is 2.38. The van der Waals surface area contributed by atoms with E-state index in [1.165, 1.54) is 17.4 Å². The molecule has 180 valence electrons. The quantitative estimate of drug-likeness (QED) is 0.320. The summed E-state index contributed by atoms with van der Waals surface area (Å²) in [7, 11) is 0. The minimum absolute atomic E-state index is 0.0313. The van der Waals surface area contributed by atoms with Gasteiger partial charge in [-0.2, -0.15) is 0 Å². The number of carbonyl (C=O) groups excluding carboxylic acids is 1. The van der Waals surface area contributed by atoms with Crippen LogP contribution in [0.5, 0.6) is 0 Å². The van der Waals surface area contributed by atoms with E-state index in [9.17, 15) is 29.6 Å². The normalized spacial score (nSPS) is 16.1. The van der Waals surface area contributed by atoms with Crippen LogP contribution in [0, 0.1) is 16.0 Å². The van der Waals surface area contributed by atoms with E-state index in [0.717, 1.165) is 4.70 Å². The smallest absolute Gasteiger partial charge is 0.342 e. The lowest BCUT2D eigenvalue weighted by Gasteiger charge is -2.33. The number of hydrogen-bond acceptors (Lipinski definition) is 7. The van der Waals surface area contributed by atoms with Crippen molar-refractivity contribution in [3.8, 4) is 0 Å². The number of aromatic nitrogens is 1. The number of carboxylic acid groups (broad SMARTS) is 1. The van der Waals surface area contributed by atoms with Gasteiger partial charge in [-0.05, 0) is 38.0 Å². The maximum absolute atomic E-state index is 13.3. The van der Waals surface area contributed by atoms with Crippen molar-refractivity contribution in [2.24, 2.45) is 5.92 Å². The largest absolute Gasteiger partial charge is 0.477 e. The van der Waals surface area contributed by atoms with Crippen molar-refractivity contribution in [3.63, 3.8) is 0 Å². The molecule has 3 heterocycles. The Hall–Kier alpha value is -3.99. The molecule has 2 N–H and O–H groups in total. The number of pyridine rings is 1. The average Bonchev–Trinajstić information content (AvgIpc) is 3.22. The van der Waals surface area contributed by atoms with E-state index in [0.29, 0.717) is 49.2 Å². The first-order valence-corrected chi connectivity index (χ1v) is 12.1. The average molecular weight is 495 g/mol. The second-order valence-electron chi connectivity index (χ2n) is 8.51. The fourth-order valence-corrected chi connectivity index (χ4v) is 6.06. The van der Waals surface area contributed by atoms with Crippen LogP contribution in [0.4, 0.5) is 11.4 Å². The van der Waals surface area contributed by atoms with Crippen LogP contribution in [0.25, 0.3) is 25.9 Å². The number of benzene rings is 2. The van der Waals surface area contributed by atoms with Gasteiger partial charge in [-0.1, -0.05) is 12.1 Å². The number of anilines is 1. The standard InChI is InChI=1S/C24H22N4O6S/c1-2-25-22(30)13-6-5-9-26(12-13)17-11-16-14(10-18(17)28(33)34)21(29)20(24(31)32)23-27(16)15-7-3-4-8-19(15)35-23/h3-4,7-8,10-11,13H,2,5-6,9,12H2,1H3,(H,25,30)(H,31,32). The first-order chi connectivity index (χ1) is 16.8. The van der Waals surface area contributed by atoms with Crippen molar-refractivity contribution in [1.29, 1.82) is 0 Å². The molecule has 1 amide bonds. The third-order valence-corrected chi connectivity index (χ3v) is 7.57. The maximum Gasteiger partial charge on any atom is 0.342 e. The minimum atomic E-state index is -1.38. The Kier molecular flexibility index (Phi) is 5.64. The highest BCUT2D eigenvalue weighted by molar-refractivity contribution is 7.24. The third-order valence-electron chi connectivity index (χ3n) is 6.43. The molecule has 0 spiro atoms. The number of piperidine rings is 1. The number of aromatic carboxylic acids is 1. The second-order valence-corrected chi connectivity index (χ2v) is 9.55. The van der Waals surface area contributed by atoms with Gasteiger partial charge in [-0.25, -0.2) is 4.79 Å². The fraction of sp³-hybridized carbons (Fsp3) is 0.292. The van der Waals surface area contributed by atoms with Crippen LogP contribution < -0.4 is 15.6 Å². The molecule has 1 aliphatic heterocycles. The lowest BCUT2D eigenvalue weighted by atomic mass is 9.96. The zero-order valence-electron chi connectivity index (χ0n) is 18.8. The van der Waals surface area contributed by atoms with E-state index >= 15 is 0 Å². The molecule has 1 fully saturated rings. The summed E-state index contributed by atoms with van der Waals surface area (Å²) in [5.41, 5.74) is -0.0422. The minimum Gasteiger partial charge on any atom is -0.477 e. The first-order valence-electron chi connectivity index (χ1n) is 11.3. The molecular weight excluding hydrogens is 472 g/mol. The number of hydrogen-bond donors (Lipinski definition) is 2. The van der Waals surface area contributed by atoms with Gasteiger partial charge in [0.15, 0.2) is 0 Å². The summed E-state index contributed by atoms with van der Waals surface area (Å²) in [6.45, 7) is 3.18. The summed E-state index contributed by atoms with van der Waals surface area (Å²) < 4.78 is 2.48. The molecule has 1 aliphatic rings. The lowest BCUT2D eigenvalue weighted by Crippen LogP contribution is -2.43. The second kappa shape index (κ2) is 8.66. The van der Waals surface area contributed by atoms with Gasteiger partial charge in [-0.15, -0.1) is 11.3 Å². The number of nitro groups is 1. The predicted molar refractivity (Wildman–Crippen MR) is 134 cm³/mol. The van der Waals surface area contributed by atoms with Crippen LogP contribution in [0.15, 0.2) is 41.2 Å². The van der Waals surface area contributed by atoms with Crippen molar-refractivity contribution in [1.82, 2.24) is 9.72 Å². The molecule has 35 heavy (non-hydrogen) atoms. The van der Waals surface area contributed by atoms with Gasteiger partial charge in [0.25, 0.3) is 5.69 Å². The van der Waals surface area contributed by atoms with Crippen LogP contribution in [0.1, 0.15) is 30.1 Å². The zero-order valence-corrected chi connectivity index (χ0v) is 19.6. The topological polar surface area (TPSA) is 134 Å². The Labute approximate surface area is 202 Å². The molecule has 0 bridgehead atoms. The molecule has 1 saturated heterocycles. The van der Waals surface area contributed by atoms with E-state index in [1.807, 2.05) is 36.1 Å². The summed E-state index contributed by atoms with van der Waals surface area (Å²) in [5, 5.41) is 24.7. The maximum atomic E-state index is 13.3. The number of nitrogens with one attached hydrogen (secondary N) is 1. The Bertz CT molecular complexity index is 1590. The van der Waals surface area contributed by atoms with Gasteiger partial charge in [0.1, 0.15) is 16.1 Å². The summed E-state index contributed by atoms with van der Waals surface area (Å²) in [4.78, 5) is 51.4. The van der Waals surface area contributed by atoms with E-state index in [-0.39, 0.29) is 27.7 Å². The molecular formula is C24H22N4O6S. The first kappa shape index (κ1) is 22.8. The van der Waals surface area contributed by atoms with Crippen molar-refractivity contribution >= 4 is 60.5 Å². The monoisotopic (exact) mass is 494 g/mol. The number of fused-ring (bicyclic) bond motifs is 5. The number of rotatable bonds is 5. The Morgan fingerprint density at radius 3 is 2.74 bits per heavy atom. The van der Waals surface area contributed by atoms with Gasteiger partial charge in [-0.3, -0.25) is 24.1 Å². The van der Waals surface area contributed by atoms with Crippen molar-refractivity contribution in [3.05, 3.63) is 62.3 Å². The highest BCUT2D eigenvalue weighted by atomic mass is 32.1. The highest BCUT2D eigenvalue weighted by Gasteiger charge is 2.31. The van der Waals surface area contributed by atoms with Gasteiger partial charge >= 0.3 is 5.97 Å². The number of nitro benzene ring substituents is 1. The molecule has 0 aliphatic carbocycles. The van der Waals surface area contributed by atoms with E-state index in [2.05, 4.69) is 5.32 Å². The Morgan fingerprint density at radius 2 is 2.03 bits per heavy atom. The molecule has 4 aromatic rings. The number of carbonyl (C=O) groups is 2. The van der Waals surface area contributed by atoms with Crippen LogP contribution in [-0.4, -0.2) is 45.9 Å². The van der Waals surface area contributed by atoms with E-state index in [1.54, 1.807) is 10.5 Å².